The van der Waals surface area contributed by atoms with Gasteiger partial charge in [-0.2, -0.15) is 0 Å². The second-order valence-corrected chi connectivity index (χ2v) is 3.79. The summed E-state index contributed by atoms with van der Waals surface area (Å²) in [6, 6.07) is 5.30. The van der Waals surface area contributed by atoms with Crippen molar-refractivity contribution in [2.45, 2.75) is 13.3 Å². The zero-order valence-electron chi connectivity index (χ0n) is 8.72. The smallest absolute Gasteiger partial charge is 0.251 e. The maximum absolute atomic E-state index is 11.6. The van der Waals surface area contributed by atoms with Gasteiger partial charge in [0.05, 0.1) is 0 Å². The van der Waals surface area contributed by atoms with Crippen LogP contribution in [0, 0.1) is 6.92 Å². The first-order valence-corrected chi connectivity index (χ1v) is 5.17. The van der Waals surface area contributed by atoms with Crippen LogP contribution in [0.1, 0.15) is 22.3 Å². The summed E-state index contributed by atoms with van der Waals surface area (Å²) >= 11 is 5.86. The van der Waals surface area contributed by atoms with Crippen LogP contribution >= 0.6 is 11.6 Å². The summed E-state index contributed by atoms with van der Waals surface area (Å²) in [5, 5.41) is 3.37. The van der Waals surface area contributed by atoms with Crippen molar-refractivity contribution in [1.29, 1.82) is 0 Å². The van der Waals surface area contributed by atoms with Crippen molar-refractivity contribution in [2.24, 2.45) is 0 Å². The molecule has 0 aromatic heterocycles. The molecule has 1 rings (SSSR count). The maximum atomic E-state index is 11.6. The fraction of sp³-hybridized carbons (Fsp3) is 0.250. The topological polar surface area (TPSA) is 29.1 Å². The quantitative estimate of drug-likeness (QED) is 0.617. The van der Waals surface area contributed by atoms with Crippen molar-refractivity contribution in [2.75, 3.05) is 6.54 Å². The minimum Gasteiger partial charge on any atom is -0.352 e. The highest BCUT2D eigenvalue weighted by Crippen LogP contribution is 2.14. The molecule has 0 unspecified atom stereocenters. The van der Waals surface area contributed by atoms with Crippen molar-refractivity contribution in [1.82, 2.24) is 5.32 Å². The normalized spacial score (nSPS) is 9.73. The van der Waals surface area contributed by atoms with E-state index in [-0.39, 0.29) is 5.91 Å². The zero-order chi connectivity index (χ0) is 11.3. The van der Waals surface area contributed by atoms with Crippen molar-refractivity contribution in [3.8, 4) is 0 Å². The summed E-state index contributed by atoms with van der Waals surface area (Å²) in [5.74, 6) is -0.0950. The van der Waals surface area contributed by atoms with Gasteiger partial charge in [-0.3, -0.25) is 4.79 Å². The second-order valence-electron chi connectivity index (χ2n) is 3.35. The molecule has 0 bridgehead atoms. The molecule has 0 spiro atoms. The summed E-state index contributed by atoms with van der Waals surface area (Å²) in [4.78, 5) is 11.6. The van der Waals surface area contributed by atoms with Crippen LogP contribution in [0.5, 0.6) is 0 Å². The first-order valence-electron chi connectivity index (χ1n) is 4.80. The molecular weight excluding hydrogens is 210 g/mol. The van der Waals surface area contributed by atoms with Crippen LogP contribution in [0.3, 0.4) is 0 Å². The van der Waals surface area contributed by atoms with E-state index in [9.17, 15) is 4.79 Å². The molecule has 0 atom stereocenters. The van der Waals surface area contributed by atoms with Crippen LogP contribution in [0.2, 0.25) is 5.02 Å². The minimum absolute atomic E-state index is 0.0950. The van der Waals surface area contributed by atoms with Gasteiger partial charge in [-0.1, -0.05) is 17.7 Å². The van der Waals surface area contributed by atoms with E-state index in [4.69, 9.17) is 11.6 Å². The fourth-order valence-electron chi connectivity index (χ4n) is 1.26. The Bertz CT molecular complexity index is 354. The van der Waals surface area contributed by atoms with Crippen molar-refractivity contribution in [3.05, 3.63) is 47.0 Å². The van der Waals surface area contributed by atoms with E-state index in [1.165, 1.54) is 0 Å². The van der Waals surface area contributed by atoms with Gasteiger partial charge in [0, 0.05) is 17.1 Å². The Balaban J connectivity index is 2.69. The zero-order valence-corrected chi connectivity index (χ0v) is 9.47. The van der Waals surface area contributed by atoms with Crippen molar-refractivity contribution in [3.63, 3.8) is 0 Å². The summed E-state index contributed by atoms with van der Waals surface area (Å²) < 4.78 is 0. The predicted molar refractivity (Wildman–Crippen MR) is 63.3 cm³/mol. The van der Waals surface area contributed by atoms with E-state index in [0.29, 0.717) is 17.1 Å². The number of hydrogen-bond acceptors (Lipinski definition) is 1. The number of carbonyl (C=O) groups is 1. The van der Waals surface area contributed by atoms with E-state index in [2.05, 4.69) is 11.9 Å². The van der Waals surface area contributed by atoms with Crippen LogP contribution < -0.4 is 5.32 Å². The highest BCUT2D eigenvalue weighted by atomic mass is 35.5. The number of nitrogens with one attached hydrogen (secondary N) is 1. The standard InChI is InChI=1S/C12H14ClNO/c1-3-4-5-14-12(15)10-6-9(2)7-11(13)8-10/h3,6-8H,1,4-5H2,2H3,(H,14,15). The molecule has 0 fully saturated rings. The Morgan fingerprint density at radius 2 is 2.27 bits per heavy atom. The highest BCUT2D eigenvalue weighted by molar-refractivity contribution is 6.31. The van der Waals surface area contributed by atoms with E-state index in [1.54, 1.807) is 12.1 Å². The minimum atomic E-state index is -0.0950. The van der Waals surface area contributed by atoms with Crippen LogP contribution in [0.4, 0.5) is 0 Å². The van der Waals surface area contributed by atoms with Crippen molar-refractivity contribution < 1.29 is 4.79 Å². The fourth-order valence-corrected chi connectivity index (χ4v) is 1.55. The van der Waals surface area contributed by atoms with Crippen LogP contribution in [-0.4, -0.2) is 12.5 Å². The molecule has 0 radical (unpaired) electrons. The first kappa shape index (κ1) is 11.8. The van der Waals surface area contributed by atoms with E-state index >= 15 is 0 Å². The molecular formula is C12H14ClNO. The lowest BCUT2D eigenvalue weighted by atomic mass is 10.1. The monoisotopic (exact) mass is 223 g/mol. The summed E-state index contributed by atoms with van der Waals surface area (Å²) in [6.45, 7) is 6.10. The van der Waals surface area contributed by atoms with Gasteiger partial charge in [0.25, 0.3) is 5.91 Å². The molecule has 0 aliphatic heterocycles. The molecule has 1 aromatic carbocycles. The maximum Gasteiger partial charge on any atom is 0.251 e. The Morgan fingerprint density at radius 3 is 2.87 bits per heavy atom. The van der Waals surface area contributed by atoms with Gasteiger partial charge in [-0.15, -0.1) is 6.58 Å². The molecule has 0 heterocycles. The van der Waals surface area contributed by atoms with Gasteiger partial charge in [0.1, 0.15) is 0 Å². The van der Waals surface area contributed by atoms with Gasteiger partial charge in [-0.05, 0) is 37.1 Å². The van der Waals surface area contributed by atoms with E-state index in [0.717, 1.165) is 12.0 Å². The summed E-state index contributed by atoms with van der Waals surface area (Å²) in [7, 11) is 0. The number of aryl methyl sites for hydroxylation is 1. The molecule has 0 saturated heterocycles. The lowest BCUT2D eigenvalue weighted by Gasteiger charge is -2.05. The average Bonchev–Trinajstić information content (AvgIpc) is 2.16. The van der Waals surface area contributed by atoms with Gasteiger partial charge >= 0.3 is 0 Å². The Hall–Kier alpha value is -1.28. The molecule has 0 aliphatic rings. The number of hydrogen-bond donors (Lipinski definition) is 1. The summed E-state index contributed by atoms with van der Waals surface area (Å²) in [6.07, 6.45) is 2.54. The number of amides is 1. The second kappa shape index (κ2) is 5.56. The van der Waals surface area contributed by atoms with Gasteiger partial charge < -0.3 is 5.32 Å². The molecule has 0 saturated carbocycles. The lowest BCUT2D eigenvalue weighted by molar-refractivity contribution is 0.0954. The van der Waals surface area contributed by atoms with E-state index in [1.807, 2.05) is 19.1 Å². The third-order valence-electron chi connectivity index (χ3n) is 1.94. The number of rotatable bonds is 4. The number of benzene rings is 1. The largest absolute Gasteiger partial charge is 0.352 e. The number of halogens is 1. The molecule has 3 heteroatoms. The van der Waals surface area contributed by atoms with Gasteiger partial charge in [-0.25, -0.2) is 0 Å². The molecule has 80 valence electrons. The molecule has 1 amide bonds. The van der Waals surface area contributed by atoms with Crippen LogP contribution in [-0.2, 0) is 0 Å². The van der Waals surface area contributed by atoms with Crippen molar-refractivity contribution >= 4 is 17.5 Å². The SMILES string of the molecule is C=CCCNC(=O)c1cc(C)cc(Cl)c1. The molecule has 15 heavy (non-hydrogen) atoms. The molecule has 2 nitrogen and oxygen atoms in total. The average molecular weight is 224 g/mol. The van der Waals surface area contributed by atoms with Gasteiger partial charge in [0.15, 0.2) is 0 Å². The number of carbonyl (C=O) groups excluding carboxylic acids is 1. The van der Waals surface area contributed by atoms with E-state index < -0.39 is 0 Å². The Labute approximate surface area is 94.9 Å². The Morgan fingerprint density at radius 1 is 1.53 bits per heavy atom. The molecule has 1 aromatic rings. The third-order valence-corrected chi connectivity index (χ3v) is 2.16. The molecule has 0 aliphatic carbocycles. The van der Waals surface area contributed by atoms with Crippen LogP contribution in [0.15, 0.2) is 30.9 Å². The Kier molecular flexibility index (Phi) is 4.37. The summed E-state index contributed by atoms with van der Waals surface area (Å²) in [5.41, 5.74) is 1.58. The van der Waals surface area contributed by atoms with Crippen LogP contribution in [0.25, 0.3) is 0 Å². The third kappa shape index (κ3) is 3.76. The van der Waals surface area contributed by atoms with Gasteiger partial charge in [0.2, 0.25) is 0 Å². The predicted octanol–water partition coefficient (Wildman–Crippen LogP) is 2.95. The lowest BCUT2D eigenvalue weighted by Crippen LogP contribution is -2.24. The molecule has 1 N–H and O–H groups in total. The first-order chi connectivity index (χ1) is 7.13. The highest BCUT2D eigenvalue weighted by Gasteiger charge is 2.05.